The van der Waals surface area contributed by atoms with E-state index in [1.165, 1.54) is 12.0 Å². The Morgan fingerprint density at radius 1 is 1.03 bits per heavy atom. The lowest BCUT2D eigenvalue weighted by molar-refractivity contribution is 0.0518. The van der Waals surface area contributed by atoms with Gasteiger partial charge in [-0.1, -0.05) is 12.1 Å². The molecule has 1 atom stereocenters. The Balaban J connectivity index is 1.70. The van der Waals surface area contributed by atoms with Gasteiger partial charge in [0, 0.05) is 23.7 Å². The molecule has 1 saturated heterocycles. The minimum absolute atomic E-state index is 0.0656. The molecule has 4 rings (SSSR count). The summed E-state index contributed by atoms with van der Waals surface area (Å²) in [5.74, 6) is -0.386. The average Bonchev–Trinajstić information content (AvgIpc) is 3.27. The second-order valence-corrected chi connectivity index (χ2v) is 8.74. The number of hydrogen-bond donors (Lipinski definition) is 0. The number of nitrogens with zero attached hydrogens (tertiary/aromatic N) is 3. The first-order valence-electron chi connectivity index (χ1n) is 11.6. The molecule has 0 aliphatic carbocycles. The topological polar surface area (TPSA) is 64.4 Å². The number of amides is 1. The van der Waals surface area contributed by atoms with Crippen molar-refractivity contribution in [2.45, 2.75) is 53.0 Å². The molecule has 2 aromatic carbocycles. The van der Waals surface area contributed by atoms with Crippen LogP contribution in [0.15, 0.2) is 48.5 Å². The van der Waals surface area contributed by atoms with Gasteiger partial charge in [0.25, 0.3) is 5.91 Å². The first-order valence-corrected chi connectivity index (χ1v) is 11.6. The van der Waals surface area contributed by atoms with Gasteiger partial charge in [0.05, 0.1) is 18.0 Å². The van der Waals surface area contributed by atoms with Gasteiger partial charge in [0.1, 0.15) is 0 Å². The molecule has 33 heavy (non-hydrogen) atoms. The monoisotopic (exact) mass is 445 g/mol. The van der Waals surface area contributed by atoms with Crippen molar-refractivity contribution < 1.29 is 14.3 Å². The lowest BCUT2D eigenvalue weighted by atomic mass is 10.0. The fraction of sp³-hybridized carbons (Fsp3) is 0.370. The molecule has 1 aliphatic heterocycles. The predicted molar refractivity (Wildman–Crippen MR) is 129 cm³/mol. The van der Waals surface area contributed by atoms with Gasteiger partial charge >= 0.3 is 5.97 Å². The number of carbonyl (C=O) groups excluding carboxylic acids is 2. The molecular formula is C27H31N3O3. The molecule has 1 fully saturated rings. The Hall–Kier alpha value is -3.41. The molecular weight excluding hydrogens is 414 g/mol. The molecule has 1 amide bonds. The molecule has 3 aromatic rings. The summed E-state index contributed by atoms with van der Waals surface area (Å²) in [6.07, 6.45) is 3.28. The van der Waals surface area contributed by atoms with Crippen LogP contribution in [0.25, 0.3) is 16.9 Å². The summed E-state index contributed by atoms with van der Waals surface area (Å²) < 4.78 is 6.92. The number of benzene rings is 2. The Bertz CT molecular complexity index is 1160. The largest absolute Gasteiger partial charge is 0.461 e. The second kappa shape index (κ2) is 9.61. The Morgan fingerprint density at radius 2 is 1.79 bits per heavy atom. The highest BCUT2D eigenvalue weighted by Gasteiger charge is 2.24. The smallest absolute Gasteiger partial charge is 0.358 e. The van der Waals surface area contributed by atoms with Gasteiger partial charge in [0.15, 0.2) is 5.69 Å². The first kappa shape index (κ1) is 22.8. The van der Waals surface area contributed by atoms with E-state index in [0.717, 1.165) is 41.9 Å². The maximum atomic E-state index is 13.0. The van der Waals surface area contributed by atoms with Crippen LogP contribution >= 0.6 is 0 Å². The fourth-order valence-corrected chi connectivity index (χ4v) is 4.30. The minimum Gasteiger partial charge on any atom is -0.461 e. The van der Waals surface area contributed by atoms with Crippen molar-refractivity contribution in [3.63, 3.8) is 0 Å². The maximum absolute atomic E-state index is 13.0. The van der Waals surface area contributed by atoms with E-state index in [1.807, 2.05) is 35.2 Å². The average molecular weight is 446 g/mol. The van der Waals surface area contributed by atoms with E-state index in [-0.39, 0.29) is 24.2 Å². The zero-order chi connectivity index (χ0) is 23.5. The number of carbonyl (C=O) groups is 2. The van der Waals surface area contributed by atoms with E-state index >= 15 is 0 Å². The Labute approximate surface area is 195 Å². The lowest BCUT2D eigenvalue weighted by Gasteiger charge is -2.33. The van der Waals surface area contributed by atoms with Crippen LogP contribution in [0.5, 0.6) is 0 Å². The number of aromatic nitrogens is 2. The lowest BCUT2D eigenvalue weighted by Crippen LogP contribution is -2.42. The number of esters is 1. The van der Waals surface area contributed by atoms with Gasteiger partial charge < -0.3 is 9.64 Å². The summed E-state index contributed by atoms with van der Waals surface area (Å²) in [6.45, 7) is 9.12. The molecule has 0 spiro atoms. The van der Waals surface area contributed by atoms with Crippen LogP contribution in [-0.4, -0.2) is 45.8 Å². The van der Waals surface area contributed by atoms with Gasteiger partial charge in [-0.05, 0) is 94.5 Å². The summed E-state index contributed by atoms with van der Waals surface area (Å²) in [4.78, 5) is 27.4. The van der Waals surface area contributed by atoms with E-state index in [2.05, 4.69) is 38.0 Å². The number of rotatable bonds is 5. The van der Waals surface area contributed by atoms with Crippen molar-refractivity contribution in [3.8, 4) is 16.9 Å². The third kappa shape index (κ3) is 4.70. The molecule has 172 valence electrons. The van der Waals surface area contributed by atoms with Gasteiger partial charge in [-0.15, -0.1) is 0 Å². The van der Waals surface area contributed by atoms with Crippen molar-refractivity contribution in [1.82, 2.24) is 14.7 Å². The zero-order valence-corrected chi connectivity index (χ0v) is 19.8. The number of aryl methyl sites for hydroxylation is 2. The van der Waals surface area contributed by atoms with Crippen molar-refractivity contribution in [3.05, 3.63) is 70.9 Å². The molecule has 1 aromatic heterocycles. The molecule has 1 aliphatic rings. The third-order valence-electron chi connectivity index (χ3n) is 6.42. The van der Waals surface area contributed by atoms with E-state index in [0.29, 0.717) is 5.56 Å². The minimum atomic E-state index is -0.452. The van der Waals surface area contributed by atoms with Gasteiger partial charge in [-0.3, -0.25) is 4.79 Å². The van der Waals surface area contributed by atoms with Crippen LogP contribution < -0.4 is 0 Å². The van der Waals surface area contributed by atoms with E-state index in [1.54, 1.807) is 17.7 Å². The molecule has 0 N–H and O–H groups in total. The van der Waals surface area contributed by atoms with Crippen LogP contribution in [-0.2, 0) is 4.74 Å². The van der Waals surface area contributed by atoms with E-state index in [9.17, 15) is 9.59 Å². The standard InChI is InChI=1S/C27H31N3O3/c1-5-33-27(32)24-17-25(22-10-9-18(2)19(3)16-22)30(28-24)23-13-11-21(12-14-23)26(31)29-15-7-6-8-20(29)4/h9-14,16-17,20H,5-8,15H2,1-4H3/t20-/m0/s1. The number of likely N-dealkylation sites (tertiary alicyclic amines) is 1. The quantitative estimate of drug-likeness (QED) is 0.497. The first-order chi connectivity index (χ1) is 15.9. The van der Waals surface area contributed by atoms with Crippen LogP contribution in [0.1, 0.15) is 65.1 Å². The molecule has 0 bridgehead atoms. The highest BCUT2D eigenvalue weighted by atomic mass is 16.5. The number of hydrogen-bond acceptors (Lipinski definition) is 4. The van der Waals surface area contributed by atoms with Crippen molar-refractivity contribution in [2.75, 3.05) is 13.2 Å². The molecule has 0 unspecified atom stereocenters. The van der Waals surface area contributed by atoms with Crippen LogP contribution in [0, 0.1) is 13.8 Å². The molecule has 2 heterocycles. The normalized spacial score (nSPS) is 16.0. The highest BCUT2D eigenvalue weighted by Crippen LogP contribution is 2.27. The summed E-state index contributed by atoms with van der Waals surface area (Å²) in [5, 5.41) is 4.55. The van der Waals surface area contributed by atoms with Crippen molar-refractivity contribution in [1.29, 1.82) is 0 Å². The van der Waals surface area contributed by atoms with E-state index in [4.69, 9.17) is 4.74 Å². The van der Waals surface area contributed by atoms with Crippen LogP contribution in [0.3, 0.4) is 0 Å². The van der Waals surface area contributed by atoms with Gasteiger partial charge in [-0.25, -0.2) is 9.48 Å². The third-order valence-corrected chi connectivity index (χ3v) is 6.42. The van der Waals surface area contributed by atoms with Gasteiger partial charge in [-0.2, -0.15) is 5.10 Å². The summed E-state index contributed by atoms with van der Waals surface area (Å²) in [5.41, 5.74) is 5.82. The fourth-order valence-electron chi connectivity index (χ4n) is 4.30. The maximum Gasteiger partial charge on any atom is 0.358 e. The van der Waals surface area contributed by atoms with Crippen molar-refractivity contribution in [2.24, 2.45) is 0 Å². The molecule has 0 saturated carbocycles. The molecule has 0 radical (unpaired) electrons. The Morgan fingerprint density at radius 3 is 2.45 bits per heavy atom. The molecule has 6 heteroatoms. The van der Waals surface area contributed by atoms with Crippen LogP contribution in [0.2, 0.25) is 0 Å². The number of piperidine rings is 1. The zero-order valence-electron chi connectivity index (χ0n) is 19.8. The Kier molecular flexibility index (Phi) is 6.63. The van der Waals surface area contributed by atoms with E-state index < -0.39 is 5.97 Å². The van der Waals surface area contributed by atoms with Crippen molar-refractivity contribution >= 4 is 11.9 Å². The summed E-state index contributed by atoms with van der Waals surface area (Å²) in [6, 6.07) is 15.7. The van der Waals surface area contributed by atoms with Crippen LogP contribution in [0.4, 0.5) is 0 Å². The molecule has 6 nitrogen and oxygen atoms in total. The number of ether oxygens (including phenoxy) is 1. The van der Waals surface area contributed by atoms with Gasteiger partial charge in [0.2, 0.25) is 0 Å². The predicted octanol–water partition coefficient (Wildman–Crippen LogP) is 5.35. The summed E-state index contributed by atoms with van der Waals surface area (Å²) >= 11 is 0. The summed E-state index contributed by atoms with van der Waals surface area (Å²) in [7, 11) is 0. The second-order valence-electron chi connectivity index (χ2n) is 8.74. The highest BCUT2D eigenvalue weighted by molar-refractivity contribution is 5.94. The SMILES string of the molecule is CCOC(=O)c1cc(-c2ccc(C)c(C)c2)n(-c2ccc(C(=O)N3CCCC[C@@H]3C)cc2)n1.